The maximum atomic E-state index is 13.0. The Morgan fingerprint density at radius 3 is 2.74 bits per heavy atom. The number of hydrogen-bond acceptors (Lipinski definition) is 4. The first-order valence-corrected chi connectivity index (χ1v) is 9.51. The first kappa shape index (κ1) is 19.0. The number of H-pyrrole nitrogens is 1. The molecule has 1 amide bonds. The fourth-order valence-electron chi connectivity index (χ4n) is 2.74. The van der Waals surface area contributed by atoms with E-state index in [2.05, 4.69) is 10.2 Å². The summed E-state index contributed by atoms with van der Waals surface area (Å²) in [5.74, 6) is -0.364. The summed E-state index contributed by atoms with van der Waals surface area (Å²) in [5.41, 5.74) is 3.38. The smallest absolute Gasteiger partial charge is 0.307 e. The molecule has 1 N–H and O–H groups in total. The van der Waals surface area contributed by atoms with Gasteiger partial charge in [0.2, 0.25) is 5.91 Å². The summed E-state index contributed by atoms with van der Waals surface area (Å²) in [5, 5.41) is 8.99. The van der Waals surface area contributed by atoms with Gasteiger partial charge < -0.3 is 4.90 Å². The summed E-state index contributed by atoms with van der Waals surface area (Å²) < 4.78 is 14.5. The predicted octanol–water partition coefficient (Wildman–Crippen LogP) is 2.84. The van der Waals surface area contributed by atoms with Crippen LogP contribution in [0.1, 0.15) is 17.8 Å². The minimum absolute atomic E-state index is 0.0729. The molecule has 0 aliphatic carbocycles. The van der Waals surface area contributed by atoms with Gasteiger partial charge in [-0.1, -0.05) is 11.3 Å². The number of hydrogen-bond donors (Lipinski definition) is 1. The molecule has 27 heavy (non-hydrogen) atoms. The van der Waals surface area contributed by atoms with Crippen molar-refractivity contribution in [2.24, 2.45) is 0 Å². The second kappa shape index (κ2) is 8.30. The van der Waals surface area contributed by atoms with E-state index in [-0.39, 0.29) is 23.1 Å². The van der Waals surface area contributed by atoms with Gasteiger partial charge in [-0.05, 0) is 50.1 Å². The van der Waals surface area contributed by atoms with Gasteiger partial charge in [-0.3, -0.25) is 19.3 Å². The van der Waals surface area contributed by atoms with Gasteiger partial charge in [0.15, 0.2) is 0 Å². The van der Waals surface area contributed by atoms with Crippen LogP contribution in [-0.4, -0.2) is 39.2 Å². The summed E-state index contributed by atoms with van der Waals surface area (Å²) in [4.78, 5) is 25.5. The minimum atomic E-state index is -0.276. The van der Waals surface area contributed by atoms with E-state index in [0.29, 0.717) is 6.54 Å². The Bertz CT molecular complexity index is 974. The van der Waals surface area contributed by atoms with E-state index in [1.807, 2.05) is 13.0 Å². The minimum Gasteiger partial charge on any atom is -0.344 e. The fourth-order valence-corrected chi connectivity index (χ4v) is 3.48. The maximum absolute atomic E-state index is 13.0. The number of carbonyl (C=O) groups excluding carboxylic acids is 1. The van der Waals surface area contributed by atoms with Gasteiger partial charge in [-0.25, -0.2) is 4.39 Å². The number of carbonyl (C=O) groups is 1. The molecular formula is C19H21FN4O2S. The molecule has 0 saturated heterocycles. The Labute approximate surface area is 160 Å². The highest BCUT2D eigenvalue weighted by molar-refractivity contribution is 7.07. The van der Waals surface area contributed by atoms with Crippen LogP contribution < -0.4 is 4.87 Å². The number of aromatic amines is 1. The third kappa shape index (κ3) is 4.71. The van der Waals surface area contributed by atoms with Crippen molar-refractivity contribution in [3.05, 3.63) is 62.6 Å². The number of benzene rings is 1. The normalized spacial score (nSPS) is 10.9. The molecule has 0 saturated carbocycles. The Kier molecular flexibility index (Phi) is 5.85. The summed E-state index contributed by atoms with van der Waals surface area (Å²) in [6, 6.07) is 8.13. The van der Waals surface area contributed by atoms with Gasteiger partial charge in [0, 0.05) is 35.9 Å². The summed E-state index contributed by atoms with van der Waals surface area (Å²) in [6.07, 6.45) is 1.51. The molecule has 0 radical (unpaired) electrons. The first-order valence-electron chi connectivity index (χ1n) is 8.63. The van der Waals surface area contributed by atoms with E-state index in [9.17, 15) is 14.0 Å². The highest BCUT2D eigenvalue weighted by Crippen LogP contribution is 2.18. The van der Waals surface area contributed by atoms with Crippen LogP contribution in [0.15, 0.2) is 40.5 Å². The van der Waals surface area contributed by atoms with Gasteiger partial charge in [0.05, 0.1) is 5.69 Å². The molecule has 0 unspecified atom stereocenters. The lowest BCUT2D eigenvalue weighted by Gasteiger charge is -2.17. The zero-order valence-corrected chi connectivity index (χ0v) is 16.1. The lowest BCUT2D eigenvalue weighted by molar-refractivity contribution is -0.130. The Balaban J connectivity index is 1.50. The third-order valence-corrected chi connectivity index (χ3v) is 5.29. The van der Waals surface area contributed by atoms with Crippen molar-refractivity contribution in [1.82, 2.24) is 19.7 Å². The lowest BCUT2D eigenvalue weighted by Crippen LogP contribution is -2.33. The average molecular weight is 388 g/mol. The first-order chi connectivity index (χ1) is 12.9. The van der Waals surface area contributed by atoms with Crippen molar-refractivity contribution in [2.45, 2.75) is 26.3 Å². The van der Waals surface area contributed by atoms with Crippen molar-refractivity contribution in [3.63, 3.8) is 0 Å². The Hall–Kier alpha value is -2.74. The number of likely N-dealkylation sites (N-methyl/N-ethyl adjacent to an activating group) is 1. The molecule has 0 bridgehead atoms. The number of amides is 1. The second-order valence-electron chi connectivity index (χ2n) is 6.43. The molecule has 0 fully saturated rings. The van der Waals surface area contributed by atoms with Crippen LogP contribution in [0.5, 0.6) is 0 Å². The number of thiazole rings is 1. The lowest BCUT2D eigenvalue weighted by atomic mass is 10.1. The molecule has 3 rings (SSSR count). The van der Waals surface area contributed by atoms with Crippen molar-refractivity contribution in [2.75, 3.05) is 13.6 Å². The molecule has 0 aliphatic rings. The quantitative estimate of drug-likeness (QED) is 0.677. The summed E-state index contributed by atoms with van der Waals surface area (Å²) >= 11 is 1.11. The van der Waals surface area contributed by atoms with Crippen LogP contribution in [0.3, 0.4) is 0 Å². The van der Waals surface area contributed by atoms with Gasteiger partial charge in [0.25, 0.3) is 0 Å². The van der Waals surface area contributed by atoms with Crippen LogP contribution in [0.4, 0.5) is 4.39 Å². The van der Waals surface area contributed by atoms with E-state index in [4.69, 9.17) is 0 Å². The number of halogens is 1. The molecule has 2 heterocycles. The molecule has 0 spiro atoms. The number of aryl methyl sites for hydroxylation is 2. The summed E-state index contributed by atoms with van der Waals surface area (Å²) in [6.45, 7) is 2.48. The van der Waals surface area contributed by atoms with Crippen LogP contribution in [-0.2, 0) is 17.8 Å². The molecule has 8 heteroatoms. The van der Waals surface area contributed by atoms with Crippen molar-refractivity contribution >= 4 is 17.2 Å². The van der Waals surface area contributed by atoms with Crippen LogP contribution in [0.2, 0.25) is 0 Å². The summed E-state index contributed by atoms with van der Waals surface area (Å²) in [7, 11) is 1.74. The second-order valence-corrected chi connectivity index (χ2v) is 7.25. The molecule has 0 aliphatic heterocycles. The number of rotatable bonds is 7. The molecular weight excluding hydrogens is 367 g/mol. The van der Waals surface area contributed by atoms with E-state index in [1.54, 1.807) is 29.5 Å². The van der Waals surface area contributed by atoms with Crippen molar-refractivity contribution in [1.29, 1.82) is 0 Å². The molecule has 1 aromatic carbocycles. The zero-order valence-electron chi connectivity index (χ0n) is 15.2. The van der Waals surface area contributed by atoms with E-state index < -0.39 is 0 Å². The van der Waals surface area contributed by atoms with Gasteiger partial charge >= 0.3 is 4.87 Å². The number of nitrogens with one attached hydrogen (secondary N) is 1. The highest BCUT2D eigenvalue weighted by Gasteiger charge is 2.13. The molecule has 6 nitrogen and oxygen atoms in total. The van der Waals surface area contributed by atoms with Gasteiger partial charge in [-0.15, -0.1) is 0 Å². The van der Waals surface area contributed by atoms with Crippen molar-refractivity contribution in [3.8, 4) is 11.3 Å². The number of aromatic nitrogens is 3. The van der Waals surface area contributed by atoms with Crippen LogP contribution in [0, 0.1) is 12.7 Å². The van der Waals surface area contributed by atoms with Crippen LogP contribution >= 0.6 is 11.3 Å². The monoisotopic (exact) mass is 388 g/mol. The van der Waals surface area contributed by atoms with Crippen LogP contribution in [0.25, 0.3) is 11.3 Å². The molecule has 142 valence electrons. The molecule has 0 atom stereocenters. The Morgan fingerprint density at radius 2 is 2.07 bits per heavy atom. The largest absolute Gasteiger partial charge is 0.344 e. The molecule has 2 aromatic heterocycles. The average Bonchev–Trinajstić information content (AvgIpc) is 3.24. The van der Waals surface area contributed by atoms with E-state index >= 15 is 0 Å². The predicted molar refractivity (Wildman–Crippen MR) is 103 cm³/mol. The van der Waals surface area contributed by atoms with Gasteiger partial charge in [0.1, 0.15) is 12.4 Å². The Morgan fingerprint density at radius 1 is 1.33 bits per heavy atom. The van der Waals surface area contributed by atoms with E-state index in [0.717, 1.165) is 46.8 Å². The van der Waals surface area contributed by atoms with Crippen molar-refractivity contribution < 1.29 is 9.18 Å². The zero-order chi connectivity index (χ0) is 19.4. The fraction of sp³-hybridized carbons (Fsp3) is 0.316. The third-order valence-electron chi connectivity index (χ3n) is 4.41. The number of nitrogens with zero attached hydrogens (tertiary/aromatic N) is 3. The SMILES string of the molecule is Cc1csc(=O)n1CC(=O)N(C)CCCc1cc(-c2ccc(F)cc2)n[nH]1. The van der Waals surface area contributed by atoms with Gasteiger partial charge in [-0.2, -0.15) is 5.10 Å². The maximum Gasteiger partial charge on any atom is 0.307 e. The topological polar surface area (TPSA) is 71.0 Å². The van der Waals surface area contributed by atoms with E-state index in [1.165, 1.54) is 16.7 Å². The highest BCUT2D eigenvalue weighted by atomic mass is 32.1. The standard InChI is InChI=1S/C19H21FN4O2S/c1-13-12-27-19(26)24(13)11-18(25)23(2)9-3-4-16-10-17(22-21-16)14-5-7-15(20)8-6-14/h5-8,10,12H,3-4,9,11H2,1-2H3,(H,21,22). The molecule has 3 aromatic rings.